The molecule has 0 unspecified atom stereocenters. The lowest BCUT2D eigenvalue weighted by molar-refractivity contribution is -0.130. The van der Waals surface area contributed by atoms with Crippen LogP contribution in [-0.4, -0.2) is 74.0 Å². The van der Waals surface area contributed by atoms with Gasteiger partial charge in [0, 0.05) is 32.4 Å². The lowest BCUT2D eigenvalue weighted by Gasteiger charge is -2.23. The van der Waals surface area contributed by atoms with Gasteiger partial charge in [0.1, 0.15) is 11.5 Å². The van der Waals surface area contributed by atoms with E-state index in [1.807, 2.05) is 30.8 Å². The van der Waals surface area contributed by atoms with Crippen LogP contribution < -0.4 is 14.8 Å². The fourth-order valence-electron chi connectivity index (χ4n) is 2.70. The Morgan fingerprint density at radius 1 is 1.07 bits per heavy atom. The summed E-state index contributed by atoms with van der Waals surface area (Å²) < 4.78 is 10.5. The van der Waals surface area contributed by atoms with Crippen LogP contribution in [0.4, 0.5) is 0 Å². The molecule has 0 fully saturated rings. The summed E-state index contributed by atoms with van der Waals surface area (Å²) in [6, 6.07) is 10.0. The van der Waals surface area contributed by atoms with Crippen LogP contribution in [0.25, 0.3) is 0 Å². The van der Waals surface area contributed by atoms with Crippen molar-refractivity contribution in [1.82, 2.24) is 20.1 Å². The predicted molar refractivity (Wildman–Crippen MR) is 115 cm³/mol. The van der Waals surface area contributed by atoms with E-state index in [4.69, 9.17) is 9.47 Å². The molecule has 2 rings (SSSR count). The number of carbonyl (C=O) groups is 2. The second-order valence-electron chi connectivity index (χ2n) is 6.98. The molecule has 0 saturated carbocycles. The second-order valence-corrected chi connectivity index (χ2v) is 6.98. The number of nitrogens with zero attached hydrogens (tertiary/aromatic N) is 3. The normalized spacial score (nSPS) is 10.7. The largest absolute Gasteiger partial charge is 0.497 e. The van der Waals surface area contributed by atoms with E-state index in [-0.39, 0.29) is 12.5 Å². The third-order valence-electron chi connectivity index (χ3n) is 4.46. The molecule has 1 heterocycles. The maximum atomic E-state index is 12.4. The maximum Gasteiger partial charge on any atom is 0.343 e. The van der Waals surface area contributed by atoms with Crippen molar-refractivity contribution in [3.8, 4) is 11.5 Å². The zero-order valence-electron chi connectivity index (χ0n) is 18.1. The van der Waals surface area contributed by atoms with Crippen molar-refractivity contribution in [1.29, 1.82) is 0 Å². The van der Waals surface area contributed by atoms with E-state index in [2.05, 4.69) is 10.3 Å². The third-order valence-corrected chi connectivity index (χ3v) is 4.46. The minimum atomic E-state index is -0.472. The van der Waals surface area contributed by atoms with Gasteiger partial charge < -0.3 is 24.6 Å². The molecule has 162 valence electrons. The Morgan fingerprint density at radius 3 is 2.40 bits per heavy atom. The number of pyridine rings is 1. The Hall–Kier alpha value is -2.97. The number of hydrogen-bond acceptors (Lipinski definition) is 7. The van der Waals surface area contributed by atoms with Gasteiger partial charge in [0.25, 0.3) is 0 Å². The number of hydrogen-bond donors (Lipinski definition) is 1. The summed E-state index contributed by atoms with van der Waals surface area (Å²) in [5, 5.41) is 3.10. The fourth-order valence-corrected chi connectivity index (χ4v) is 2.70. The number of nitrogens with one attached hydrogen (secondary N) is 1. The van der Waals surface area contributed by atoms with Gasteiger partial charge in [-0.05, 0) is 57.4 Å². The molecule has 8 heteroatoms. The van der Waals surface area contributed by atoms with E-state index in [0.29, 0.717) is 42.4 Å². The molecule has 0 radical (unpaired) electrons. The minimum Gasteiger partial charge on any atom is -0.497 e. The number of likely N-dealkylation sites (N-methyl/N-ethyl adjacent to an activating group) is 2. The first-order valence-corrected chi connectivity index (χ1v) is 9.87. The molecular weight excluding hydrogens is 384 g/mol. The Balaban J connectivity index is 1.87. The summed E-state index contributed by atoms with van der Waals surface area (Å²) >= 11 is 0. The summed E-state index contributed by atoms with van der Waals surface area (Å²) in [5.74, 6) is 0.681. The molecular formula is C22H30N4O4. The number of rotatable bonds is 11. The molecule has 1 aromatic heterocycles. The summed E-state index contributed by atoms with van der Waals surface area (Å²) in [5.41, 5.74) is 1.05. The van der Waals surface area contributed by atoms with Crippen LogP contribution in [0.3, 0.4) is 0 Å². The molecule has 0 spiro atoms. The van der Waals surface area contributed by atoms with Gasteiger partial charge in [-0.15, -0.1) is 0 Å². The van der Waals surface area contributed by atoms with Crippen molar-refractivity contribution >= 4 is 11.9 Å². The number of ether oxygens (including phenoxy) is 2. The highest BCUT2D eigenvalue weighted by Crippen LogP contribution is 2.18. The maximum absolute atomic E-state index is 12.4. The Bertz CT molecular complexity index is 824. The molecule has 1 aromatic carbocycles. The SMILES string of the molecule is CCN(CCN(C)C)C(=O)CNCc1cc(C(=O)Oc2ccc(OC)cc2)ccn1. The van der Waals surface area contributed by atoms with Gasteiger partial charge in [0.05, 0.1) is 24.9 Å². The molecule has 0 aliphatic heterocycles. The van der Waals surface area contributed by atoms with Gasteiger partial charge in [-0.25, -0.2) is 4.79 Å². The van der Waals surface area contributed by atoms with Crippen molar-refractivity contribution in [2.24, 2.45) is 0 Å². The Kier molecular flexibility index (Phi) is 9.24. The van der Waals surface area contributed by atoms with E-state index >= 15 is 0 Å². The molecule has 2 aromatic rings. The zero-order chi connectivity index (χ0) is 21.9. The van der Waals surface area contributed by atoms with Crippen LogP contribution in [-0.2, 0) is 11.3 Å². The van der Waals surface area contributed by atoms with E-state index in [9.17, 15) is 9.59 Å². The predicted octanol–water partition coefficient (Wildman–Crippen LogP) is 1.81. The van der Waals surface area contributed by atoms with Crippen molar-refractivity contribution in [3.05, 3.63) is 53.9 Å². The van der Waals surface area contributed by atoms with Gasteiger partial charge >= 0.3 is 5.97 Å². The molecule has 30 heavy (non-hydrogen) atoms. The van der Waals surface area contributed by atoms with Crippen molar-refractivity contribution in [2.75, 3.05) is 47.4 Å². The molecule has 0 atom stereocenters. The van der Waals surface area contributed by atoms with Crippen molar-refractivity contribution in [2.45, 2.75) is 13.5 Å². The molecule has 8 nitrogen and oxygen atoms in total. The van der Waals surface area contributed by atoms with Gasteiger partial charge in [-0.1, -0.05) is 0 Å². The fraction of sp³-hybridized carbons (Fsp3) is 0.409. The average molecular weight is 415 g/mol. The van der Waals surface area contributed by atoms with Gasteiger partial charge in [0.15, 0.2) is 0 Å². The number of carbonyl (C=O) groups excluding carboxylic acids is 2. The van der Waals surface area contributed by atoms with E-state index < -0.39 is 5.97 Å². The first kappa shape index (κ1) is 23.3. The van der Waals surface area contributed by atoms with Crippen LogP contribution in [0.1, 0.15) is 23.0 Å². The van der Waals surface area contributed by atoms with Crippen molar-refractivity contribution in [3.63, 3.8) is 0 Å². The van der Waals surface area contributed by atoms with E-state index in [1.165, 1.54) is 0 Å². The van der Waals surface area contributed by atoms with Gasteiger partial charge in [-0.2, -0.15) is 0 Å². The number of amides is 1. The van der Waals surface area contributed by atoms with Gasteiger partial charge in [-0.3, -0.25) is 9.78 Å². The Morgan fingerprint density at radius 2 is 1.77 bits per heavy atom. The van der Waals surface area contributed by atoms with Crippen LogP contribution in [0.15, 0.2) is 42.6 Å². The van der Waals surface area contributed by atoms with Crippen LogP contribution in [0.5, 0.6) is 11.5 Å². The topological polar surface area (TPSA) is 84.0 Å². The first-order valence-electron chi connectivity index (χ1n) is 9.87. The highest BCUT2D eigenvalue weighted by molar-refractivity contribution is 5.91. The highest BCUT2D eigenvalue weighted by Gasteiger charge is 2.13. The summed E-state index contributed by atoms with van der Waals surface area (Å²) in [4.78, 5) is 32.8. The number of methoxy groups -OCH3 is 1. The van der Waals surface area contributed by atoms with Crippen LogP contribution >= 0.6 is 0 Å². The monoisotopic (exact) mass is 414 g/mol. The standard InChI is InChI=1S/C22H30N4O4/c1-5-26(13-12-25(2)3)21(27)16-23-15-18-14-17(10-11-24-18)22(28)30-20-8-6-19(29-4)7-9-20/h6-11,14,23H,5,12-13,15-16H2,1-4H3. The smallest absolute Gasteiger partial charge is 0.343 e. The molecule has 1 N–H and O–H groups in total. The molecule has 0 aliphatic carbocycles. The average Bonchev–Trinajstić information content (AvgIpc) is 2.74. The summed E-state index contributed by atoms with van der Waals surface area (Å²) in [6.07, 6.45) is 1.55. The van der Waals surface area contributed by atoms with Crippen LogP contribution in [0, 0.1) is 0 Å². The molecule has 0 bridgehead atoms. The number of benzene rings is 1. The minimum absolute atomic E-state index is 0.0365. The van der Waals surface area contributed by atoms with E-state index in [1.54, 1.807) is 49.7 Å². The number of esters is 1. The quantitative estimate of drug-likeness (QED) is 0.443. The molecule has 1 amide bonds. The zero-order valence-corrected chi connectivity index (χ0v) is 18.1. The lowest BCUT2D eigenvalue weighted by Crippen LogP contribution is -2.41. The van der Waals surface area contributed by atoms with Crippen LogP contribution in [0.2, 0.25) is 0 Å². The number of aromatic nitrogens is 1. The van der Waals surface area contributed by atoms with E-state index in [0.717, 1.165) is 6.54 Å². The summed E-state index contributed by atoms with van der Waals surface area (Å²) in [6.45, 7) is 4.73. The first-order chi connectivity index (χ1) is 14.4. The molecule has 0 aliphatic rings. The van der Waals surface area contributed by atoms with Crippen molar-refractivity contribution < 1.29 is 19.1 Å². The lowest BCUT2D eigenvalue weighted by atomic mass is 10.2. The van der Waals surface area contributed by atoms with Gasteiger partial charge in [0.2, 0.25) is 5.91 Å². The second kappa shape index (κ2) is 11.9. The third kappa shape index (κ3) is 7.46. The Labute approximate surface area is 177 Å². The summed E-state index contributed by atoms with van der Waals surface area (Å²) in [7, 11) is 5.54. The molecule has 0 saturated heterocycles. The highest BCUT2D eigenvalue weighted by atomic mass is 16.5.